The average Bonchev–Trinajstić information content (AvgIpc) is 2.54. The molecule has 1 aliphatic rings. The van der Waals surface area contributed by atoms with Gasteiger partial charge in [-0.1, -0.05) is 30.3 Å². The van der Waals surface area contributed by atoms with Crippen molar-refractivity contribution in [2.75, 3.05) is 13.1 Å². The Morgan fingerprint density at radius 3 is 2.48 bits per heavy atom. The van der Waals surface area contributed by atoms with E-state index in [1.54, 1.807) is 0 Å². The third kappa shape index (κ3) is 7.01. The van der Waals surface area contributed by atoms with Crippen molar-refractivity contribution in [3.63, 3.8) is 0 Å². The van der Waals surface area contributed by atoms with Crippen LogP contribution in [0.1, 0.15) is 32.8 Å². The Kier molecular flexibility index (Phi) is 6.64. The molecule has 1 saturated heterocycles. The molecule has 0 radical (unpaired) electrons. The summed E-state index contributed by atoms with van der Waals surface area (Å²) in [6.07, 6.45) is -0.291. The van der Waals surface area contributed by atoms with Gasteiger partial charge in [0.1, 0.15) is 12.2 Å². The zero-order valence-corrected chi connectivity index (χ0v) is 15.0. The molecule has 0 bridgehead atoms. The van der Waals surface area contributed by atoms with E-state index in [1.807, 2.05) is 51.1 Å². The normalized spacial score (nSPS) is 20.4. The van der Waals surface area contributed by atoms with E-state index in [9.17, 15) is 9.59 Å². The minimum absolute atomic E-state index is 0.205. The zero-order chi connectivity index (χ0) is 18.3. The first kappa shape index (κ1) is 19.1. The molecule has 2 amide bonds. The van der Waals surface area contributed by atoms with Crippen molar-refractivity contribution in [3.05, 3.63) is 35.9 Å². The summed E-state index contributed by atoms with van der Waals surface area (Å²) in [5.74, 6) is 0. The fraction of sp³-hybridized carbons (Fsp3) is 0.556. The third-order valence-corrected chi connectivity index (χ3v) is 3.70. The van der Waals surface area contributed by atoms with Gasteiger partial charge in [0.25, 0.3) is 0 Å². The van der Waals surface area contributed by atoms with E-state index in [1.165, 1.54) is 0 Å². The molecule has 2 atom stereocenters. The molecule has 2 rings (SSSR count). The van der Waals surface area contributed by atoms with Crippen LogP contribution in [0.4, 0.5) is 9.59 Å². The first-order valence-electron chi connectivity index (χ1n) is 8.51. The molecule has 1 aromatic carbocycles. The van der Waals surface area contributed by atoms with E-state index < -0.39 is 17.8 Å². The summed E-state index contributed by atoms with van der Waals surface area (Å²) < 4.78 is 10.5. The van der Waals surface area contributed by atoms with Crippen LogP contribution in [0.5, 0.6) is 0 Å². The molecule has 138 valence electrons. The lowest BCUT2D eigenvalue weighted by molar-refractivity contribution is 0.0479. The molecule has 1 aromatic rings. The standard InChI is InChI=1S/C18H27N3O4/c1-18(2,3)25-17(23)20-14-9-10-19-11-15(14)21-16(22)24-12-13-7-5-4-6-8-13/h4-8,14-15,19H,9-12H2,1-3H3,(H,20,23)(H,21,22)/t14-,15+/m1/s1. The number of carbonyl (C=O) groups is 2. The van der Waals surface area contributed by atoms with Crippen LogP contribution >= 0.6 is 0 Å². The van der Waals surface area contributed by atoms with Crippen LogP contribution in [0.3, 0.4) is 0 Å². The molecule has 0 aliphatic carbocycles. The highest BCUT2D eigenvalue weighted by Crippen LogP contribution is 2.10. The molecule has 0 spiro atoms. The van der Waals surface area contributed by atoms with Crippen molar-refractivity contribution in [3.8, 4) is 0 Å². The summed E-state index contributed by atoms with van der Waals surface area (Å²) in [4.78, 5) is 24.0. The lowest BCUT2D eigenvalue weighted by Crippen LogP contribution is -2.60. The Balaban J connectivity index is 1.83. The summed E-state index contributed by atoms with van der Waals surface area (Å²) in [6.45, 7) is 6.96. The summed E-state index contributed by atoms with van der Waals surface area (Å²) in [5, 5.41) is 8.85. The summed E-state index contributed by atoms with van der Waals surface area (Å²) >= 11 is 0. The molecule has 0 unspecified atom stereocenters. The number of amides is 2. The van der Waals surface area contributed by atoms with Crippen molar-refractivity contribution in [2.45, 2.75) is 51.5 Å². The third-order valence-electron chi connectivity index (χ3n) is 3.70. The van der Waals surface area contributed by atoms with Gasteiger partial charge in [0, 0.05) is 6.54 Å². The quantitative estimate of drug-likeness (QED) is 0.775. The maximum Gasteiger partial charge on any atom is 0.407 e. The number of alkyl carbamates (subject to hydrolysis) is 2. The second kappa shape index (κ2) is 8.71. The maximum atomic E-state index is 12.0. The van der Waals surface area contributed by atoms with Gasteiger partial charge in [-0.3, -0.25) is 0 Å². The minimum Gasteiger partial charge on any atom is -0.445 e. The smallest absolute Gasteiger partial charge is 0.407 e. The number of ether oxygens (including phenoxy) is 2. The van der Waals surface area contributed by atoms with Gasteiger partial charge in [-0.25, -0.2) is 9.59 Å². The van der Waals surface area contributed by atoms with Gasteiger partial charge in [0.15, 0.2) is 0 Å². The first-order chi connectivity index (χ1) is 11.8. The van der Waals surface area contributed by atoms with Crippen molar-refractivity contribution >= 4 is 12.2 Å². The highest BCUT2D eigenvalue weighted by molar-refractivity contribution is 5.70. The number of benzene rings is 1. The van der Waals surface area contributed by atoms with Crippen LogP contribution < -0.4 is 16.0 Å². The van der Waals surface area contributed by atoms with E-state index in [0.29, 0.717) is 13.0 Å². The summed E-state index contributed by atoms with van der Waals surface area (Å²) in [7, 11) is 0. The monoisotopic (exact) mass is 349 g/mol. The molecule has 25 heavy (non-hydrogen) atoms. The number of hydrogen-bond donors (Lipinski definition) is 3. The Labute approximate surface area is 148 Å². The highest BCUT2D eigenvalue weighted by Gasteiger charge is 2.29. The second-order valence-electron chi connectivity index (χ2n) is 7.06. The predicted octanol–water partition coefficient (Wildman–Crippen LogP) is 2.17. The van der Waals surface area contributed by atoms with Crippen LogP contribution in [0.15, 0.2) is 30.3 Å². The minimum atomic E-state index is -0.561. The topological polar surface area (TPSA) is 88.7 Å². The lowest BCUT2D eigenvalue weighted by atomic mass is 10.0. The van der Waals surface area contributed by atoms with E-state index >= 15 is 0 Å². The highest BCUT2D eigenvalue weighted by atomic mass is 16.6. The lowest BCUT2D eigenvalue weighted by Gasteiger charge is -2.33. The fourth-order valence-corrected chi connectivity index (χ4v) is 2.56. The number of rotatable bonds is 4. The molecule has 1 fully saturated rings. The summed E-state index contributed by atoms with van der Waals surface area (Å²) in [5.41, 5.74) is 0.358. The van der Waals surface area contributed by atoms with Gasteiger partial charge in [-0.2, -0.15) is 0 Å². The van der Waals surface area contributed by atoms with Crippen LogP contribution in [0, 0.1) is 0 Å². The van der Waals surface area contributed by atoms with Crippen molar-refractivity contribution in [1.82, 2.24) is 16.0 Å². The van der Waals surface area contributed by atoms with Gasteiger partial charge in [0.05, 0.1) is 12.1 Å². The van der Waals surface area contributed by atoms with Crippen molar-refractivity contribution < 1.29 is 19.1 Å². The summed E-state index contributed by atoms with van der Waals surface area (Å²) in [6, 6.07) is 9.00. The van der Waals surface area contributed by atoms with Gasteiger partial charge in [-0.15, -0.1) is 0 Å². The number of nitrogens with one attached hydrogen (secondary N) is 3. The SMILES string of the molecule is CC(C)(C)OC(=O)N[C@@H]1CCNC[C@@H]1NC(=O)OCc1ccccc1. The molecule has 3 N–H and O–H groups in total. The number of carbonyl (C=O) groups excluding carboxylic acids is 2. The van der Waals surface area contributed by atoms with Gasteiger partial charge < -0.3 is 25.4 Å². The fourth-order valence-electron chi connectivity index (χ4n) is 2.56. The maximum absolute atomic E-state index is 12.0. The van der Waals surface area contributed by atoms with Crippen LogP contribution in [0.2, 0.25) is 0 Å². The Hall–Kier alpha value is -2.28. The molecule has 1 heterocycles. The van der Waals surface area contributed by atoms with E-state index in [4.69, 9.17) is 9.47 Å². The van der Waals surface area contributed by atoms with Crippen LogP contribution in [-0.2, 0) is 16.1 Å². The van der Waals surface area contributed by atoms with Gasteiger partial charge in [0.2, 0.25) is 0 Å². The van der Waals surface area contributed by atoms with Crippen LogP contribution in [0.25, 0.3) is 0 Å². The van der Waals surface area contributed by atoms with Crippen LogP contribution in [-0.4, -0.2) is 43.0 Å². The predicted molar refractivity (Wildman–Crippen MR) is 94.2 cm³/mol. The molecule has 7 heteroatoms. The molecular weight excluding hydrogens is 322 g/mol. The van der Waals surface area contributed by atoms with Gasteiger partial charge >= 0.3 is 12.2 Å². The van der Waals surface area contributed by atoms with E-state index in [0.717, 1.165) is 12.1 Å². The molecular formula is C18H27N3O4. The van der Waals surface area contributed by atoms with E-state index in [2.05, 4.69) is 16.0 Å². The Bertz CT molecular complexity index is 571. The van der Waals surface area contributed by atoms with E-state index in [-0.39, 0.29) is 18.7 Å². The molecule has 1 aliphatic heterocycles. The zero-order valence-electron chi connectivity index (χ0n) is 15.0. The molecule has 0 aromatic heterocycles. The molecule has 0 saturated carbocycles. The Morgan fingerprint density at radius 2 is 1.80 bits per heavy atom. The largest absolute Gasteiger partial charge is 0.445 e. The van der Waals surface area contributed by atoms with Crippen molar-refractivity contribution in [2.24, 2.45) is 0 Å². The number of piperidine rings is 1. The molecule has 7 nitrogen and oxygen atoms in total. The second-order valence-corrected chi connectivity index (χ2v) is 7.06. The number of hydrogen-bond acceptors (Lipinski definition) is 5. The first-order valence-corrected chi connectivity index (χ1v) is 8.51. The van der Waals surface area contributed by atoms with Crippen molar-refractivity contribution in [1.29, 1.82) is 0 Å². The van der Waals surface area contributed by atoms with Gasteiger partial charge in [-0.05, 0) is 39.3 Å². The average molecular weight is 349 g/mol. The Morgan fingerprint density at radius 1 is 1.12 bits per heavy atom.